The molecule has 1 fully saturated rings. The topological polar surface area (TPSA) is 76.2 Å². The van der Waals surface area contributed by atoms with Crippen LogP contribution in [0.15, 0.2) is 47.4 Å². The number of ether oxygens (including phenoxy) is 2. The summed E-state index contributed by atoms with van der Waals surface area (Å²) in [6, 6.07) is 11.9. The van der Waals surface area contributed by atoms with Crippen LogP contribution in [0.1, 0.15) is 12.8 Å². The van der Waals surface area contributed by atoms with Gasteiger partial charge >= 0.3 is 0 Å². The molecule has 1 saturated heterocycles. The normalized spacial score (nSPS) is 19.7. The van der Waals surface area contributed by atoms with Crippen LogP contribution < -0.4 is 14.4 Å². The Hall–Kier alpha value is -2.29. The van der Waals surface area contributed by atoms with Crippen molar-refractivity contribution in [3.8, 4) is 11.5 Å². The highest BCUT2D eigenvalue weighted by atomic mass is 35.5. The highest BCUT2D eigenvalue weighted by Gasteiger charge is 2.37. The summed E-state index contributed by atoms with van der Waals surface area (Å²) in [5.41, 5.74) is 0.727. The molecule has 0 aromatic heterocycles. The standard InChI is InChI=1S/C21H23ClN2O5S/c1-28-19-9-8-16(22)13-20(19)30(26,27)23-10-4-5-15(14-23)21(25)24-11-12-29-18-7-3-2-6-17(18)24/h2-3,6-9,13,15H,4-5,10-12,14H2,1H3/t15-/m1/s1. The number of benzene rings is 2. The van der Waals surface area contributed by atoms with E-state index in [-0.39, 0.29) is 23.1 Å². The fourth-order valence-electron chi connectivity index (χ4n) is 3.97. The Bertz CT molecular complexity index is 1060. The van der Waals surface area contributed by atoms with Crippen molar-refractivity contribution < 1.29 is 22.7 Å². The molecule has 0 saturated carbocycles. The van der Waals surface area contributed by atoms with Crippen molar-refractivity contribution in [3.05, 3.63) is 47.5 Å². The van der Waals surface area contributed by atoms with Crippen molar-refractivity contribution in [2.75, 3.05) is 38.3 Å². The molecule has 0 radical (unpaired) electrons. The second kappa shape index (κ2) is 8.45. The summed E-state index contributed by atoms with van der Waals surface area (Å²) in [5.74, 6) is 0.393. The van der Waals surface area contributed by atoms with Crippen molar-refractivity contribution in [3.63, 3.8) is 0 Å². The van der Waals surface area contributed by atoms with Crippen molar-refractivity contribution in [1.82, 2.24) is 4.31 Å². The summed E-state index contributed by atoms with van der Waals surface area (Å²) in [4.78, 5) is 15.0. The molecule has 160 valence electrons. The fraction of sp³-hybridized carbons (Fsp3) is 0.381. The largest absolute Gasteiger partial charge is 0.495 e. The second-order valence-electron chi connectivity index (χ2n) is 7.30. The molecular formula is C21H23ClN2O5S. The molecule has 0 spiro atoms. The van der Waals surface area contributed by atoms with E-state index in [1.807, 2.05) is 24.3 Å². The lowest BCUT2D eigenvalue weighted by molar-refractivity contribution is -0.123. The van der Waals surface area contributed by atoms with Gasteiger partial charge in [-0.05, 0) is 43.2 Å². The molecule has 2 aromatic rings. The number of fused-ring (bicyclic) bond motifs is 1. The van der Waals surface area contributed by atoms with Crippen LogP contribution >= 0.6 is 11.6 Å². The van der Waals surface area contributed by atoms with E-state index in [1.165, 1.54) is 23.5 Å². The van der Waals surface area contributed by atoms with Crippen LogP contribution in [0.4, 0.5) is 5.69 Å². The van der Waals surface area contributed by atoms with Gasteiger partial charge in [0.2, 0.25) is 15.9 Å². The molecule has 7 nitrogen and oxygen atoms in total. The Morgan fingerprint density at radius 3 is 2.80 bits per heavy atom. The maximum Gasteiger partial charge on any atom is 0.246 e. The minimum Gasteiger partial charge on any atom is -0.495 e. The Kier molecular flexibility index (Phi) is 5.90. The summed E-state index contributed by atoms with van der Waals surface area (Å²) in [6.07, 6.45) is 1.24. The summed E-state index contributed by atoms with van der Waals surface area (Å²) in [5, 5.41) is 0.309. The first-order chi connectivity index (χ1) is 14.4. The first-order valence-corrected chi connectivity index (χ1v) is 11.6. The smallest absolute Gasteiger partial charge is 0.246 e. The van der Waals surface area contributed by atoms with E-state index in [2.05, 4.69) is 0 Å². The lowest BCUT2D eigenvalue weighted by Gasteiger charge is -2.36. The van der Waals surface area contributed by atoms with Gasteiger partial charge in [0, 0.05) is 18.1 Å². The molecule has 2 aliphatic heterocycles. The van der Waals surface area contributed by atoms with E-state index in [0.717, 1.165) is 5.69 Å². The SMILES string of the molecule is COc1ccc(Cl)cc1S(=O)(=O)N1CCC[C@@H](C(=O)N2CCOc3ccccc32)C1. The molecule has 4 rings (SSSR count). The fourth-order valence-corrected chi connectivity index (χ4v) is 5.91. The summed E-state index contributed by atoms with van der Waals surface area (Å²) in [7, 11) is -2.44. The third-order valence-corrected chi connectivity index (χ3v) is 7.59. The van der Waals surface area contributed by atoms with E-state index in [9.17, 15) is 13.2 Å². The van der Waals surface area contributed by atoms with Crippen molar-refractivity contribution >= 4 is 33.2 Å². The van der Waals surface area contributed by atoms with E-state index < -0.39 is 15.9 Å². The van der Waals surface area contributed by atoms with Gasteiger partial charge < -0.3 is 14.4 Å². The Balaban J connectivity index is 1.58. The van der Waals surface area contributed by atoms with Gasteiger partial charge in [0.1, 0.15) is 23.0 Å². The highest BCUT2D eigenvalue weighted by Crippen LogP contribution is 2.35. The lowest BCUT2D eigenvalue weighted by atomic mass is 9.97. The van der Waals surface area contributed by atoms with Gasteiger partial charge in [-0.3, -0.25) is 4.79 Å². The zero-order valence-corrected chi connectivity index (χ0v) is 18.2. The number of hydrogen-bond acceptors (Lipinski definition) is 5. The van der Waals surface area contributed by atoms with Crippen LogP contribution in [-0.2, 0) is 14.8 Å². The number of piperidine rings is 1. The molecule has 0 N–H and O–H groups in total. The van der Waals surface area contributed by atoms with E-state index >= 15 is 0 Å². The number of anilines is 1. The number of rotatable bonds is 4. The van der Waals surface area contributed by atoms with E-state index in [0.29, 0.717) is 43.3 Å². The predicted octanol–water partition coefficient (Wildman–Crippen LogP) is 3.17. The monoisotopic (exact) mass is 450 g/mol. The average Bonchev–Trinajstić information content (AvgIpc) is 2.78. The van der Waals surface area contributed by atoms with E-state index in [1.54, 1.807) is 11.0 Å². The van der Waals surface area contributed by atoms with Crippen molar-refractivity contribution in [1.29, 1.82) is 0 Å². The highest BCUT2D eigenvalue weighted by molar-refractivity contribution is 7.89. The first kappa shape index (κ1) is 21.0. The van der Waals surface area contributed by atoms with Crippen LogP contribution in [0.3, 0.4) is 0 Å². The van der Waals surface area contributed by atoms with Crippen LogP contribution in [0.5, 0.6) is 11.5 Å². The maximum atomic E-state index is 13.3. The number of nitrogens with zero attached hydrogens (tertiary/aromatic N) is 2. The molecule has 2 aliphatic rings. The van der Waals surface area contributed by atoms with Crippen LogP contribution in [0.2, 0.25) is 5.02 Å². The quantitative estimate of drug-likeness (QED) is 0.715. The number of methoxy groups -OCH3 is 1. The van der Waals surface area contributed by atoms with Gasteiger partial charge in [0.15, 0.2) is 0 Å². The molecule has 0 unspecified atom stereocenters. The summed E-state index contributed by atoms with van der Waals surface area (Å²) in [6.45, 7) is 1.33. The summed E-state index contributed by atoms with van der Waals surface area (Å²) < 4.78 is 38.8. The molecular weight excluding hydrogens is 428 g/mol. The van der Waals surface area contributed by atoms with E-state index in [4.69, 9.17) is 21.1 Å². The molecule has 9 heteroatoms. The van der Waals surface area contributed by atoms with Gasteiger partial charge in [0.25, 0.3) is 0 Å². The molecule has 2 heterocycles. The number of hydrogen-bond donors (Lipinski definition) is 0. The van der Waals surface area contributed by atoms with Crippen LogP contribution in [0.25, 0.3) is 0 Å². The molecule has 30 heavy (non-hydrogen) atoms. The van der Waals surface area contributed by atoms with Crippen molar-refractivity contribution in [2.45, 2.75) is 17.7 Å². The number of carbonyl (C=O) groups is 1. The third kappa shape index (κ3) is 3.87. The zero-order chi connectivity index (χ0) is 21.3. The zero-order valence-electron chi connectivity index (χ0n) is 16.6. The number of sulfonamides is 1. The first-order valence-electron chi connectivity index (χ1n) is 9.78. The van der Waals surface area contributed by atoms with Crippen molar-refractivity contribution in [2.24, 2.45) is 5.92 Å². The van der Waals surface area contributed by atoms with Crippen LogP contribution in [0, 0.1) is 5.92 Å². The minimum absolute atomic E-state index is 0.0160. The maximum absolute atomic E-state index is 13.3. The Labute approximate surface area is 181 Å². The van der Waals surface area contributed by atoms with Gasteiger partial charge in [-0.15, -0.1) is 0 Å². The van der Waals surface area contributed by atoms with Gasteiger partial charge in [-0.1, -0.05) is 23.7 Å². The molecule has 1 atom stereocenters. The third-order valence-electron chi connectivity index (χ3n) is 5.47. The minimum atomic E-state index is -3.86. The number of amides is 1. The summed E-state index contributed by atoms with van der Waals surface area (Å²) >= 11 is 6.04. The number of carbonyl (C=O) groups excluding carboxylic acids is 1. The average molecular weight is 451 g/mol. The molecule has 2 aromatic carbocycles. The number of halogens is 1. The van der Waals surface area contributed by atoms with Gasteiger partial charge in [-0.25, -0.2) is 8.42 Å². The van der Waals surface area contributed by atoms with Crippen LogP contribution in [-0.4, -0.2) is 52.0 Å². The molecule has 1 amide bonds. The molecule has 0 bridgehead atoms. The Morgan fingerprint density at radius 1 is 1.20 bits per heavy atom. The number of para-hydroxylation sites is 2. The van der Waals surface area contributed by atoms with Gasteiger partial charge in [-0.2, -0.15) is 4.31 Å². The lowest BCUT2D eigenvalue weighted by Crippen LogP contribution is -2.48. The van der Waals surface area contributed by atoms with Gasteiger partial charge in [0.05, 0.1) is 25.3 Å². The second-order valence-corrected chi connectivity index (χ2v) is 9.65. The predicted molar refractivity (Wildman–Crippen MR) is 114 cm³/mol. The Morgan fingerprint density at radius 2 is 2.00 bits per heavy atom. The molecule has 0 aliphatic carbocycles.